The van der Waals surface area contributed by atoms with Crippen LogP contribution in [0.25, 0.3) is 0 Å². The van der Waals surface area contributed by atoms with Crippen LogP contribution in [0.2, 0.25) is 0 Å². The van der Waals surface area contributed by atoms with Crippen LogP contribution in [0.5, 0.6) is 11.5 Å². The van der Waals surface area contributed by atoms with E-state index in [9.17, 15) is 9.59 Å². The molecule has 1 fully saturated rings. The molecule has 1 N–H and O–H groups in total. The molecule has 0 saturated carbocycles. The van der Waals surface area contributed by atoms with Crippen molar-refractivity contribution in [1.29, 1.82) is 0 Å². The van der Waals surface area contributed by atoms with E-state index in [0.29, 0.717) is 22.7 Å². The van der Waals surface area contributed by atoms with Gasteiger partial charge in [-0.05, 0) is 49.2 Å². The predicted molar refractivity (Wildman–Crippen MR) is 110 cm³/mol. The first-order chi connectivity index (χ1) is 14.2. The molecule has 1 aliphatic heterocycles. The molecule has 1 saturated heterocycles. The highest BCUT2D eigenvalue weighted by Crippen LogP contribution is 2.29. The summed E-state index contributed by atoms with van der Waals surface area (Å²) in [6.07, 6.45) is 3.52. The molecule has 0 aliphatic carbocycles. The van der Waals surface area contributed by atoms with Crippen LogP contribution in [0, 0.1) is 0 Å². The second-order valence-corrected chi connectivity index (χ2v) is 6.79. The Labute approximate surface area is 169 Å². The number of carbonyl (C=O) groups excluding carboxylic acids is 2. The van der Waals surface area contributed by atoms with Gasteiger partial charge in [0, 0.05) is 24.8 Å². The number of anilines is 1. The number of hydrogen-bond acceptors (Lipinski definition) is 4. The maximum absolute atomic E-state index is 12.8. The topological polar surface area (TPSA) is 71.5 Å². The van der Waals surface area contributed by atoms with Gasteiger partial charge in [-0.1, -0.05) is 30.3 Å². The highest BCUT2D eigenvalue weighted by atomic mass is 16.5. The molecule has 1 aromatic heterocycles. The molecule has 2 heterocycles. The number of rotatable bonds is 5. The van der Waals surface area contributed by atoms with Crippen molar-refractivity contribution in [2.75, 3.05) is 18.4 Å². The van der Waals surface area contributed by atoms with Crippen LogP contribution in [0.15, 0.2) is 72.9 Å². The first kappa shape index (κ1) is 18.7. The van der Waals surface area contributed by atoms with Gasteiger partial charge in [-0.3, -0.25) is 14.6 Å². The minimum absolute atomic E-state index is 0.0632. The average Bonchev–Trinajstić information content (AvgIpc) is 3.30. The van der Waals surface area contributed by atoms with Crippen molar-refractivity contribution in [1.82, 2.24) is 9.88 Å². The fourth-order valence-corrected chi connectivity index (χ4v) is 3.25. The van der Waals surface area contributed by atoms with Gasteiger partial charge in [0.15, 0.2) is 5.75 Å². The lowest BCUT2D eigenvalue weighted by Gasteiger charge is -2.15. The van der Waals surface area contributed by atoms with Crippen molar-refractivity contribution < 1.29 is 14.3 Å². The molecule has 4 rings (SSSR count). The van der Waals surface area contributed by atoms with E-state index in [1.165, 1.54) is 12.3 Å². The number of amides is 2. The molecule has 6 heteroatoms. The third-order valence-corrected chi connectivity index (χ3v) is 4.74. The summed E-state index contributed by atoms with van der Waals surface area (Å²) in [5.41, 5.74) is 1.19. The predicted octanol–water partition coefficient (Wildman–Crippen LogP) is 4.36. The van der Waals surface area contributed by atoms with Crippen LogP contribution in [0.3, 0.4) is 0 Å². The van der Waals surface area contributed by atoms with E-state index in [-0.39, 0.29) is 11.6 Å². The van der Waals surface area contributed by atoms with Gasteiger partial charge < -0.3 is 15.0 Å². The molecular formula is C23H21N3O3. The Bertz CT molecular complexity index is 1010. The molecule has 0 atom stereocenters. The van der Waals surface area contributed by atoms with Crippen molar-refractivity contribution in [3.8, 4) is 11.5 Å². The maximum Gasteiger partial charge on any atom is 0.274 e. The Morgan fingerprint density at radius 2 is 1.66 bits per heavy atom. The number of nitrogens with one attached hydrogen (secondary N) is 1. The van der Waals surface area contributed by atoms with E-state index in [0.717, 1.165) is 25.9 Å². The molecular weight excluding hydrogens is 366 g/mol. The van der Waals surface area contributed by atoms with E-state index in [4.69, 9.17) is 4.74 Å². The monoisotopic (exact) mass is 387 g/mol. The zero-order valence-electron chi connectivity index (χ0n) is 15.9. The van der Waals surface area contributed by atoms with Gasteiger partial charge in [0.2, 0.25) is 0 Å². The van der Waals surface area contributed by atoms with Crippen LogP contribution in [-0.4, -0.2) is 34.8 Å². The van der Waals surface area contributed by atoms with Gasteiger partial charge in [-0.2, -0.15) is 0 Å². The van der Waals surface area contributed by atoms with Crippen LogP contribution in [-0.2, 0) is 0 Å². The minimum Gasteiger partial charge on any atom is -0.455 e. The number of aromatic nitrogens is 1. The molecule has 2 amide bonds. The SMILES string of the molecule is O=C(Nc1ccccc1Oc1ccccc1)c1cc(C(=O)N2CCCC2)ccn1. The number of likely N-dealkylation sites (tertiary alicyclic amines) is 1. The fourth-order valence-electron chi connectivity index (χ4n) is 3.25. The molecule has 146 valence electrons. The Kier molecular flexibility index (Phi) is 5.52. The summed E-state index contributed by atoms with van der Waals surface area (Å²) in [4.78, 5) is 31.3. The highest BCUT2D eigenvalue weighted by Gasteiger charge is 2.21. The van der Waals surface area contributed by atoms with Crippen LogP contribution < -0.4 is 10.1 Å². The van der Waals surface area contributed by atoms with Gasteiger partial charge in [-0.15, -0.1) is 0 Å². The zero-order valence-corrected chi connectivity index (χ0v) is 15.9. The minimum atomic E-state index is -0.398. The van der Waals surface area contributed by atoms with Crippen molar-refractivity contribution in [3.05, 3.63) is 84.2 Å². The largest absolute Gasteiger partial charge is 0.455 e. The van der Waals surface area contributed by atoms with E-state index >= 15 is 0 Å². The van der Waals surface area contributed by atoms with Crippen LogP contribution in [0.4, 0.5) is 5.69 Å². The fraction of sp³-hybridized carbons (Fsp3) is 0.174. The number of carbonyl (C=O) groups is 2. The number of benzene rings is 2. The van der Waals surface area contributed by atoms with E-state index in [2.05, 4.69) is 10.3 Å². The Morgan fingerprint density at radius 1 is 0.931 bits per heavy atom. The quantitative estimate of drug-likeness (QED) is 0.706. The summed E-state index contributed by atoms with van der Waals surface area (Å²) in [5.74, 6) is 0.735. The molecule has 6 nitrogen and oxygen atoms in total. The standard InChI is InChI=1S/C23H21N3O3/c27-22(20-16-17(12-13-24-20)23(28)26-14-6-7-15-26)25-19-10-4-5-11-21(19)29-18-8-2-1-3-9-18/h1-5,8-13,16H,6-7,14-15H2,(H,25,27). The molecule has 29 heavy (non-hydrogen) atoms. The number of ether oxygens (including phenoxy) is 1. The summed E-state index contributed by atoms with van der Waals surface area (Å²) < 4.78 is 5.88. The van der Waals surface area contributed by atoms with Crippen molar-refractivity contribution >= 4 is 17.5 Å². The molecule has 0 bridgehead atoms. The lowest BCUT2D eigenvalue weighted by atomic mass is 10.2. The highest BCUT2D eigenvalue weighted by molar-refractivity contribution is 6.05. The van der Waals surface area contributed by atoms with E-state index in [1.807, 2.05) is 42.5 Å². The number of pyridine rings is 1. The summed E-state index contributed by atoms with van der Waals surface area (Å²) in [7, 11) is 0. The van der Waals surface area contributed by atoms with E-state index < -0.39 is 5.91 Å². The van der Waals surface area contributed by atoms with Crippen molar-refractivity contribution in [3.63, 3.8) is 0 Å². The number of para-hydroxylation sites is 3. The molecule has 3 aromatic rings. The summed E-state index contributed by atoms with van der Waals surface area (Å²) in [6.45, 7) is 1.51. The maximum atomic E-state index is 12.8. The van der Waals surface area contributed by atoms with Crippen molar-refractivity contribution in [2.45, 2.75) is 12.8 Å². The summed E-state index contributed by atoms with van der Waals surface area (Å²) in [6, 6.07) is 19.7. The molecule has 0 spiro atoms. The number of hydrogen-bond donors (Lipinski definition) is 1. The smallest absolute Gasteiger partial charge is 0.274 e. The van der Waals surface area contributed by atoms with Gasteiger partial charge in [0.25, 0.3) is 11.8 Å². The average molecular weight is 387 g/mol. The number of nitrogens with zero attached hydrogens (tertiary/aromatic N) is 2. The second kappa shape index (κ2) is 8.56. The molecule has 0 radical (unpaired) electrons. The van der Waals surface area contributed by atoms with Crippen LogP contribution in [0.1, 0.15) is 33.7 Å². The van der Waals surface area contributed by atoms with E-state index in [1.54, 1.807) is 23.1 Å². The Morgan fingerprint density at radius 3 is 2.45 bits per heavy atom. The lowest BCUT2D eigenvalue weighted by molar-refractivity contribution is 0.0792. The first-order valence-corrected chi connectivity index (χ1v) is 9.59. The van der Waals surface area contributed by atoms with Gasteiger partial charge in [0.1, 0.15) is 11.4 Å². The van der Waals surface area contributed by atoms with Crippen LogP contribution >= 0.6 is 0 Å². The first-order valence-electron chi connectivity index (χ1n) is 9.59. The Balaban J connectivity index is 1.51. The third-order valence-electron chi connectivity index (χ3n) is 4.74. The second-order valence-electron chi connectivity index (χ2n) is 6.79. The van der Waals surface area contributed by atoms with Gasteiger partial charge in [0.05, 0.1) is 5.69 Å². The van der Waals surface area contributed by atoms with Gasteiger partial charge in [-0.25, -0.2) is 0 Å². The summed E-state index contributed by atoms with van der Waals surface area (Å²) in [5, 5.41) is 2.83. The normalized spacial score (nSPS) is 13.2. The van der Waals surface area contributed by atoms with Gasteiger partial charge >= 0.3 is 0 Å². The molecule has 2 aromatic carbocycles. The molecule has 0 unspecified atom stereocenters. The summed E-state index contributed by atoms with van der Waals surface area (Å²) >= 11 is 0. The third kappa shape index (κ3) is 4.43. The zero-order chi connectivity index (χ0) is 20.1. The molecule has 1 aliphatic rings. The lowest BCUT2D eigenvalue weighted by Crippen LogP contribution is -2.28. The van der Waals surface area contributed by atoms with Crippen molar-refractivity contribution in [2.24, 2.45) is 0 Å². The Hall–Kier alpha value is -3.67.